The number of fused-ring (bicyclic) bond motifs is 2. The summed E-state index contributed by atoms with van der Waals surface area (Å²) in [5, 5.41) is 20.8. The van der Waals surface area contributed by atoms with Crippen molar-refractivity contribution in [3.8, 4) is 0 Å². The van der Waals surface area contributed by atoms with E-state index in [9.17, 15) is 20.0 Å². The van der Waals surface area contributed by atoms with Crippen LogP contribution in [0.1, 0.15) is 17.5 Å². The number of allylic oxidation sites excluding steroid dienone is 2. The molecular formula is C14H11NO4. The molecule has 5 heteroatoms. The fraction of sp³-hybridized carbons (Fsp3) is 0.214. The zero-order chi connectivity index (χ0) is 13.6. The van der Waals surface area contributed by atoms with Crippen molar-refractivity contribution in [3.63, 3.8) is 0 Å². The van der Waals surface area contributed by atoms with Gasteiger partial charge in [0, 0.05) is 4.92 Å². The van der Waals surface area contributed by atoms with Crippen molar-refractivity contribution in [2.75, 3.05) is 0 Å². The maximum absolute atomic E-state index is 11.6. The average Bonchev–Trinajstić information content (AvgIpc) is 2.76. The van der Waals surface area contributed by atoms with Gasteiger partial charge in [0.05, 0.1) is 12.0 Å². The van der Waals surface area contributed by atoms with Crippen molar-refractivity contribution in [2.45, 2.75) is 18.4 Å². The Balaban J connectivity index is 2.29. The van der Waals surface area contributed by atoms with Gasteiger partial charge in [0.15, 0.2) is 0 Å². The van der Waals surface area contributed by atoms with Gasteiger partial charge in [-0.2, -0.15) is 0 Å². The van der Waals surface area contributed by atoms with Crippen molar-refractivity contribution in [3.05, 3.63) is 63.2 Å². The predicted molar refractivity (Wildman–Crippen MR) is 68.2 cm³/mol. The van der Waals surface area contributed by atoms with Gasteiger partial charge in [-0.1, -0.05) is 36.4 Å². The number of aliphatic carboxylic acids is 1. The second-order valence-electron chi connectivity index (χ2n) is 4.76. The van der Waals surface area contributed by atoms with Crippen LogP contribution in [0.15, 0.2) is 42.0 Å². The number of rotatable bonds is 2. The highest BCUT2D eigenvalue weighted by molar-refractivity contribution is 6.00. The molecule has 0 radical (unpaired) electrons. The van der Waals surface area contributed by atoms with Crippen molar-refractivity contribution in [1.82, 2.24) is 0 Å². The first-order chi connectivity index (χ1) is 9.07. The molecule has 0 bridgehead atoms. The SMILES string of the molecule is O=C(O)C1([N+](=O)[O-])CC=CC2=C1c1ccccc1C2. The van der Waals surface area contributed by atoms with Crippen LogP contribution in [-0.2, 0) is 11.2 Å². The number of carbonyl (C=O) groups is 1. The first-order valence-corrected chi connectivity index (χ1v) is 5.93. The van der Waals surface area contributed by atoms with Gasteiger partial charge in [-0.05, 0) is 23.1 Å². The number of carboxylic acid groups (broad SMARTS) is 1. The second kappa shape index (κ2) is 3.78. The number of nitrogens with zero attached hydrogens (tertiary/aromatic N) is 1. The van der Waals surface area contributed by atoms with Crippen LogP contribution in [0.5, 0.6) is 0 Å². The number of nitro groups is 1. The van der Waals surface area contributed by atoms with E-state index in [1.165, 1.54) is 0 Å². The maximum Gasteiger partial charge on any atom is 0.387 e. The van der Waals surface area contributed by atoms with E-state index in [1.54, 1.807) is 24.3 Å². The van der Waals surface area contributed by atoms with Crippen molar-refractivity contribution in [2.24, 2.45) is 0 Å². The van der Waals surface area contributed by atoms with Gasteiger partial charge in [0.2, 0.25) is 0 Å². The molecule has 0 aliphatic heterocycles. The molecule has 1 aromatic carbocycles. The molecule has 0 saturated heterocycles. The van der Waals surface area contributed by atoms with Crippen LogP contribution >= 0.6 is 0 Å². The molecule has 3 rings (SSSR count). The number of benzene rings is 1. The van der Waals surface area contributed by atoms with Gasteiger partial charge in [-0.15, -0.1) is 0 Å². The van der Waals surface area contributed by atoms with E-state index in [1.807, 2.05) is 12.1 Å². The molecule has 0 amide bonds. The Morgan fingerprint density at radius 2 is 2.11 bits per heavy atom. The van der Waals surface area contributed by atoms with Crippen LogP contribution in [0.2, 0.25) is 0 Å². The maximum atomic E-state index is 11.6. The van der Waals surface area contributed by atoms with Crippen molar-refractivity contribution >= 4 is 11.5 Å². The lowest BCUT2D eigenvalue weighted by atomic mass is 9.79. The van der Waals surface area contributed by atoms with Crippen molar-refractivity contribution in [1.29, 1.82) is 0 Å². The normalized spacial score (nSPS) is 24.0. The summed E-state index contributed by atoms with van der Waals surface area (Å²) in [6.45, 7) is 0. The van der Waals surface area contributed by atoms with E-state index in [2.05, 4.69) is 0 Å². The van der Waals surface area contributed by atoms with Gasteiger partial charge in [-0.3, -0.25) is 10.1 Å². The van der Waals surface area contributed by atoms with Crippen LogP contribution in [-0.4, -0.2) is 21.5 Å². The van der Waals surface area contributed by atoms with Gasteiger partial charge in [0.25, 0.3) is 0 Å². The van der Waals surface area contributed by atoms with E-state index < -0.39 is 16.4 Å². The van der Waals surface area contributed by atoms with E-state index in [0.717, 1.165) is 11.1 Å². The molecule has 1 N–H and O–H groups in total. The Labute approximate surface area is 109 Å². The second-order valence-corrected chi connectivity index (χ2v) is 4.76. The van der Waals surface area contributed by atoms with Crippen LogP contribution in [0, 0.1) is 10.1 Å². The molecule has 96 valence electrons. The molecule has 1 atom stereocenters. The number of carboxylic acids is 1. The van der Waals surface area contributed by atoms with E-state index in [0.29, 0.717) is 17.6 Å². The number of hydrogen-bond acceptors (Lipinski definition) is 3. The lowest BCUT2D eigenvalue weighted by molar-refractivity contribution is -0.536. The molecule has 1 aromatic rings. The highest BCUT2D eigenvalue weighted by atomic mass is 16.6. The van der Waals surface area contributed by atoms with Gasteiger partial charge in [-0.25, -0.2) is 4.79 Å². The quantitative estimate of drug-likeness (QED) is 0.649. The van der Waals surface area contributed by atoms with E-state index >= 15 is 0 Å². The summed E-state index contributed by atoms with van der Waals surface area (Å²) in [6.07, 6.45) is 3.84. The molecule has 0 saturated carbocycles. The molecule has 0 aromatic heterocycles. The summed E-state index contributed by atoms with van der Waals surface area (Å²) in [5.41, 5.74) is 0.693. The van der Waals surface area contributed by atoms with Gasteiger partial charge >= 0.3 is 11.5 Å². The number of hydrogen-bond donors (Lipinski definition) is 1. The fourth-order valence-electron chi connectivity index (χ4n) is 2.93. The minimum Gasteiger partial charge on any atom is -0.476 e. The predicted octanol–water partition coefficient (Wildman–Crippen LogP) is 2.06. The summed E-state index contributed by atoms with van der Waals surface area (Å²) in [4.78, 5) is 22.3. The smallest absolute Gasteiger partial charge is 0.387 e. The molecule has 19 heavy (non-hydrogen) atoms. The highest BCUT2D eigenvalue weighted by Crippen LogP contribution is 2.46. The Morgan fingerprint density at radius 3 is 2.79 bits per heavy atom. The van der Waals surface area contributed by atoms with Crippen LogP contribution in [0.3, 0.4) is 0 Å². The zero-order valence-corrected chi connectivity index (χ0v) is 10.00. The third-order valence-electron chi connectivity index (χ3n) is 3.80. The summed E-state index contributed by atoms with van der Waals surface area (Å²) in [6, 6.07) is 7.28. The van der Waals surface area contributed by atoms with E-state index in [-0.39, 0.29) is 6.42 Å². The largest absolute Gasteiger partial charge is 0.476 e. The van der Waals surface area contributed by atoms with E-state index in [4.69, 9.17) is 0 Å². The summed E-state index contributed by atoms with van der Waals surface area (Å²) in [7, 11) is 0. The molecule has 2 aliphatic rings. The molecule has 2 aliphatic carbocycles. The molecular weight excluding hydrogens is 246 g/mol. The van der Waals surface area contributed by atoms with Crippen molar-refractivity contribution < 1.29 is 14.8 Å². The first kappa shape index (κ1) is 11.6. The minimum absolute atomic E-state index is 0.109. The monoisotopic (exact) mass is 257 g/mol. The third-order valence-corrected chi connectivity index (χ3v) is 3.80. The van der Waals surface area contributed by atoms with Crippen LogP contribution in [0.4, 0.5) is 0 Å². The Bertz CT molecular complexity index is 643. The fourth-order valence-corrected chi connectivity index (χ4v) is 2.93. The first-order valence-electron chi connectivity index (χ1n) is 5.93. The summed E-state index contributed by atoms with van der Waals surface area (Å²) in [5.74, 6) is -1.40. The molecule has 0 spiro atoms. The molecule has 1 unspecified atom stereocenters. The Kier molecular flexibility index (Phi) is 2.32. The molecule has 0 fully saturated rings. The highest BCUT2D eigenvalue weighted by Gasteiger charge is 2.57. The third kappa shape index (κ3) is 1.38. The zero-order valence-electron chi connectivity index (χ0n) is 10.00. The summed E-state index contributed by atoms with van der Waals surface area (Å²) >= 11 is 0. The van der Waals surface area contributed by atoms with Gasteiger partial charge in [0.1, 0.15) is 0 Å². The lowest BCUT2D eigenvalue weighted by Gasteiger charge is -2.25. The lowest BCUT2D eigenvalue weighted by Crippen LogP contribution is -2.48. The minimum atomic E-state index is -2.04. The van der Waals surface area contributed by atoms with Crippen LogP contribution < -0.4 is 0 Å². The average molecular weight is 257 g/mol. The Hall–Kier alpha value is -2.43. The van der Waals surface area contributed by atoms with Crippen LogP contribution in [0.25, 0.3) is 5.57 Å². The van der Waals surface area contributed by atoms with Gasteiger partial charge < -0.3 is 5.11 Å². The summed E-state index contributed by atoms with van der Waals surface area (Å²) < 4.78 is 0. The molecule has 0 heterocycles. The topological polar surface area (TPSA) is 80.4 Å². The standard InChI is InChI=1S/C14H11NO4/c16-13(17)14(15(18)19)7-3-5-10-8-9-4-1-2-6-11(9)12(10)14/h1-6H,7-8H2,(H,16,17). The Morgan fingerprint density at radius 1 is 1.37 bits per heavy atom. The molecule has 5 nitrogen and oxygen atoms in total.